The summed E-state index contributed by atoms with van der Waals surface area (Å²) in [6.07, 6.45) is 10.3. The minimum atomic E-state index is -1.17. The third-order valence-electron chi connectivity index (χ3n) is 8.05. The average molecular weight is 605 g/mol. The molecule has 0 spiro atoms. The van der Waals surface area contributed by atoms with Gasteiger partial charge >= 0.3 is 11.9 Å². The number of nitrogens with one attached hydrogen (secondary N) is 1. The Bertz CT molecular complexity index is 1100. The molecule has 0 aliphatic carbocycles. The van der Waals surface area contributed by atoms with E-state index in [-0.39, 0.29) is 47.8 Å². The molecule has 10 nitrogen and oxygen atoms in total. The van der Waals surface area contributed by atoms with Crippen molar-refractivity contribution in [1.82, 2.24) is 20.1 Å². The van der Waals surface area contributed by atoms with Crippen LogP contribution in [0.4, 0.5) is 0 Å². The zero-order valence-electron chi connectivity index (χ0n) is 25.9. The largest absolute Gasteiger partial charge is 0.476 e. The van der Waals surface area contributed by atoms with Crippen LogP contribution in [0, 0.1) is 24.2 Å². The molecule has 0 bridgehead atoms. The van der Waals surface area contributed by atoms with Crippen molar-refractivity contribution in [3.05, 3.63) is 16.1 Å². The standard InChI is InChI=1S/C31H48N4O6S/c1-8-10-11-13-17-35(30(38)27(21(5)9-2)33-28(37)24-15-12-14-16-34(24)7)25(20(3)4)18-26(41-22(6)36)29-32-23(19-42-29)31(39)40/h1,19-21,24-27H,9-18H2,2-7H3,(H,33,37)(H,39,40)/t21?,24-,25?,26?,27?/m1/s1. The molecule has 5 atom stereocenters. The second kappa shape index (κ2) is 17.2. The number of esters is 1. The number of aromatic nitrogens is 1. The van der Waals surface area contributed by atoms with Gasteiger partial charge in [0.05, 0.1) is 6.04 Å². The minimum absolute atomic E-state index is 0.0451. The van der Waals surface area contributed by atoms with Gasteiger partial charge in [-0.05, 0) is 51.1 Å². The van der Waals surface area contributed by atoms with Crippen molar-refractivity contribution in [2.75, 3.05) is 20.1 Å². The smallest absolute Gasteiger partial charge is 0.355 e. The number of terminal acetylenes is 1. The van der Waals surface area contributed by atoms with Crippen LogP contribution in [0.2, 0.25) is 0 Å². The van der Waals surface area contributed by atoms with E-state index >= 15 is 0 Å². The Kier molecular flexibility index (Phi) is 14.4. The lowest BCUT2D eigenvalue weighted by Crippen LogP contribution is -2.59. The average Bonchev–Trinajstić information content (AvgIpc) is 3.44. The van der Waals surface area contributed by atoms with Crippen molar-refractivity contribution in [3.63, 3.8) is 0 Å². The quantitative estimate of drug-likeness (QED) is 0.160. The van der Waals surface area contributed by atoms with Crippen molar-refractivity contribution in [2.45, 2.75) is 110 Å². The number of piperidine rings is 1. The van der Waals surface area contributed by atoms with Crippen molar-refractivity contribution in [1.29, 1.82) is 0 Å². The Morgan fingerprint density at radius 1 is 1.26 bits per heavy atom. The van der Waals surface area contributed by atoms with Crippen LogP contribution in [0.25, 0.3) is 0 Å². The predicted octanol–water partition coefficient (Wildman–Crippen LogP) is 4.51. The lowest BCUT2D eigenvalue weighted by atomic mass is 9.91. The highest BCUT2D eigenvalue weighted by Gasteiger charge is 2.38. The first kappa shape index (κ1) is 35.2. The number of ether oxygens (including phenoxy) is 1. The zero-order chi connectivity index (χ0) is 31.4. The molecule has 1 fully saturated rings. The van der Waals surface area contributed by atoms with E-state index in [0.29, 0.717) is 30.8 Å². The number of carboxylic acid groups (broad SMARTS) is 1. The molecule has 4 unspecified atom stereocenters. The summed E-state index contributed by atoms with van der Waals surface area (Å²) in [4.78, 5) is 59.5. The highest BCUT2D eigenvalue weighted by molar-refractivity contribution is 7.09. The first-order valence-electron chi connectivity index (χ1n) is 15.0. The van der Waals surface area contributed by atoms with Crippen molar-refractivity contribution < 1.29 is 29.0 Å². The number of carbonyl (C=O) groups is 4. The van der Waals surface area contributed by atoms with E-state index in [9.17, 15) is 24.3 Å². The van der Waals surface area contributed by atoms with Gasteiger partial charge in [-0.1, -0.05) is 40.5 Å². The fourth-order valence-corrected chi connectivity index (χ4v) is 6.21. The van der Waals surface area contributed by atoms with Gasteiger partial charge in [0.15, 0.2) is 11.8 Å². The molecule has 234 valence electrons. The second-order valence-corrected chi connectivity index (χ2v) is 12.5. The van der Waals surface area contributed by atoms with Crippen LogP contribution in [-0.2, 0) is 19.1 Å². The summed E-state index contributed by atoms with van der Waals surface area (Å²) in [6.45, 7) is 10.5. The second-order valence-electron chi connectivity index (χ2n) is 11.6. The normalized spacial score (nSPS) is 18.4. The summed E-state index contributed by atoms with van der Waals surface area (Å²) in [7, 11) is 1.94. The third kappa shape index (κ3) is 10.1. The molecule has 1 aliphatic heterocycles. The van der Waals surface area contributed by atoms with E-state index in [2.05, 4.69) is 21.1 Å². The van der Waals surface area contributed by atoms with E-state index in [1.165, 1.54) is 12.3 Å². The maximum atomic E-state index is 14.4. The van der Waals surface area contributed by atoms with Crippen molar-refractivity contribution in [3.8, 4) is 12.3 Å². The fourth-order valence-electron chi connectivity index (χ4n) is 5.38. The number of carboxylic acids is 1. The number of likely N-dealkylation sites (tertiary alicyclic amines) is 1. The van der Waals surface area contributed by atoms with E-state index < -0.39 is 24.1 Å². The summed E-state index contributed by atoms with van der Waals surface area (Å²) in [5, 5.41) is 14.3. The molecule has 1 aliphatic rings. The van der Waals surface area contributed by atoms with Crippen molar-refractivity contribution in [2.24, 2.45) is 11.8 Å². The molecule has 2 amide bonds. The molecule has 2 rings (SSSR count). The number of unbranched alkanes of at least 4 members (excludes halogenated alkanes) is 2. The summed E-state index contributed by atoms with van der Waals surface area (Å²) in [5.41, 5.74) is -0.123. The Labute approximate surface area is 254 Å². The summed E-state index contributed by atoms with van der Waals surface area (Å²) in [5.74, 6) is 0.487. The third-order valence-corrected chi connectivity index (χ3v) is 8.99. The van der Waals surface area contributed by atoms with E-state index in [1.807, 2.05) is 39.6 Å². The number of thiazole rings is 1. The van der Waals surface area contributed by atoms with Crippen LogP contribution in [0.1, 0.15) is 108 Å². The van der Waals surface area contributed by atoms with Gasteiger partial charge in [-0.15, -0.1) is 23.7 Å². The number of carbonyl (C=O) groups excluding carboxylic acids is 3. The molecule has 2 heterocycles. The van der Waals surface area contributed by atoms with Gasteiger partial charge in [-0.2, -0.15) is 0 Å². The summed E-state index contributed by atoms with van der Waals surface area (Å²) >= 11 is 1.11. The highest BCUT2D eigenvalue weighted by Crippen LogP contribution is 2.32. The molecular formula is C31H48N4O6S. The molecule has 0 saturated carbocycles. The number of hydrogen-bond acceptors (Lipinski definition) is 8. The lowest BCUT2D eigenvalue weighted by molar-refractivity contribution is -0.149. The Balaban J connectivity index is 2.44. The molecular weight excluding hydrogens is 556 g/mol. The van der Waals surface area contributed by atoms with E-state index in [4.69, 9.17) is 11.2 Å². The van der Waals surface area contributed by atoms with Gasteiger partial charge in [0, 0.05) is 37.7 Å². The van der Waals surface area contributed by atoms with Crippen LogP contribution >= 0.6 is 11.3 Å². The Morgan fingerprint density at radius 3 is 2.52 bits per heavy atom. The highest BCUT2D eigenvalue weighted by atomic mass is 32.1. The van der Waals surface area contributed by atoms with E-state index in [0.717, 1.165) is 43.6 Å². The topological polar surface area (TPSA) is 129 Å². The molecule has 42 heavy (non-hydrogen) atoms. The fraction of sp³-hybridized carbons (Fsp3) is 0.710. The van der Waals surface area contributed by atoms with Gasteiger partial charge < -0.3 is 20.1 Å². The van der Waals surface area contributed by atoms with Crippen LogP contribution in [0.15, 0.2) is 5.38 Å². The molecule has 0 radical (unpaired) electrons. The number of hydrogen-bond donors (Lipinski definition) is 2. The van der Waals surface area contributed by atoms with Crippen LogP contribution in [0.3, 0.4) is 0 Å². The summed E-state index contributed by atoms with van der Waals surface area (Å²) < 4.78 is 5.64. The van der Waals surface area contributed by atoms with Gasteiger partial charge in [0.1, 0.15) is 11.0 Å². The van der Waals surface area contributed by atoms with Gasteiger partial charge in [-0.3, -0.25) is 19.3 Å². The van der Waals surface area contributed by atoms with Crippen molar-refractivity contribution >= 4 is 35.1 Å². The summed E-state index contributed by atoms with van der Waals surface area (Å²) in [6, 6.07) is -1.38. The number of amides is 2. The minimum Gasteiger partial charge on any atom is -0.476 e. The van der Waals surface area contributed by atoms with E-state index in [1.54, 1.807) is 0 Å². The van der Waals surface area contributed by atoms with Crippen LogP contribution in [-0.4, -0.2) is 81.9 Å². The van der Waals surface area contributed by atoms with Gasteiger partial charge in [-0.25, -0.2) is 9.78 Å². The molecule has 11 heteroatoms. The monoisotopic (exact) mass is 604 g/mol. The predicted molar refractivity (Wildman–Crippen MR) is 163 cm³/mol. The first-order valence-corrected chi connectivity index (χ1v) is 15.9. The first-order chi connectivity index (χ1) is 19.9. The maximum absolute atomic E-state index is 14.4. The number of nitrogens with zero attached hydrogens (tertiary/aromatic N) is 3. The number of likely N-dealkylation sites (N-methyl/N-ethyl adjacent to an activating group) is 1. The molecule has 1 saturated heterocycles. The van der Waals surface area contributed by atoms with Gasteiger partial charge in [0.25, 0.3) is 0 Å². The maximum Gasteiger partial charge on any atom is 0.355 e. The zero-order valence-corrected chi connectivity index (χ0v) is 26.7. The number of rotatable bonds is 16. The molecule has 0 aromatic carbocycles. The molecule has 2 N–H and O–H groups in total. The van der Waals surface area contributed by atoms with Crippen LogP contribution < -0.4 is 5.32 Å². The molecule has 1 aromatic heterocycles. The molecule has 1 aromatic rings. The van der Waals surface area contributed by atoms with Crippen LogP contribution in [0.5, 0.6) is 0 Å². The SMILES string of the molecule is C#CCCCCN(C(=O)C(NC(=O)[C@H]1CCCCN1C)C(C)CC)C(CC(OC(C)=O)c1nc(C(=O)O)cs1)C(C)C. The van der Waals surface area contributed by atoms with Gasteiger partial charge in [0.2, 0.25) is 11.8 Å². The lowest BCUT2D eigenvalue weighted by Gasteiger charge is -2.40. The Hall–Kier alpha value is -2.97. The number of aromatic carboxylic acids is 1. The Morgan fingerprint density at radius 2 is 1.98 bits per heavy atom.